The zero-order chi connectivity index (χ0) is 27.1. The summed E-state index contributed by atoms with van der Waals surface area (Å²) in [5.41, 5.74) is 1.83. The van der Waals surface area contributed by atoms with Crippen molar-refractivity contribution < 1.29 is 13.2 Å². The third-order valence-corrected chi connectivity index (χ3v) is 9.25. The summed E-state index contributed by atoms with van der Waals surface area (Å²) in [5, 5.41) is 7.97. The first-order valence-corrected chi connectivity index (χ1v) is 15.1. The minimum Gasteiger partial charge on any atom is -0.334 e. The van der Waals surface area contributed by atoms with E-state index in [2.05, 4.69) is 42.9 Å². The van der Waals surface area contributed by atoms with Crippen LogP contribution in [0, 0.1) is 0 Å². The molecule has 2 unspecified atom stereocenters. The number of amides is 2. The molecule has 1 saturated heterocycles. The topological polar surface area (TPSA) is 97.2 Å². The van der Waals surface area contributed by atoms with E-state index < -0.39 is 9.84 Å². The standard InChI is InChI=1S/C29H37N5O3S/c1-5-38(36,37)23-15-11-20(12-16-23)17-30-28(35)33-18-24(21-9-7-6-8-10-21)25(19-33)27-31-26(22-13-14-22)32-34(27)29(2,3)4/h6-12,15-16,22,24-25H,5,13-14,17-19H2,1-4H3,(H,30,35). The number of carbonyl (C=O) groups is 1. The number of nitrogens with zero attached hydrogens (tertiary/aromatic N) is 4. The number of nitrogens with one attached hydrogen (secondary N) is 1. The fourth-order valence-electron chi connectivity index (χ4n) is 5.13. The van der Waals surface area contributed by atoms with Crippen LogP contribution in [0.4, 0.5) is 4.79 Å². The van der Waals surface area contributed by atoms with Gasteiger partial charge in [0, 0.05) is 37.4 Å². The van der Waals surface area contributed by atoms with Gasteiger partial charge in [-0.25, -0.2) is 22.9 Å². The summed E-state index contributed by atoms with van der Waals surface area (Å²) in [4.78, 5) is 20.6. The second-order valence-corrected chi connectivity index (χ2v) is 13.7. The van der Waals surface area contributed by atoms with Crippen molar-refractivity contribution in [3.05, 3.63) is 77.4 Å². The largest absolute Gasteiger partial charge is 0.334 e. The van der Waals surface area contributed by atoms with E-state index in [0.29, 0.717) is 30.4 Å². The monoisotopic (exact) mass is 535 g/mol. The molecule has 1 aromatic heterocycles. The molecule has 2 aromatic carbocycles. The molecule has 2 atom stereocenters. The number of hydrogen-bond donors (Lipinski definition) is 1. The molecule has 0 spiro atoms. The van der Waals surface area contributed by atoms with E-state index >= 15 is 0 Å². The van der Waals surface area contributed by atoms with Crippen molar-refractivity contribution in [1.29, 1.82) is 0 Å². The second-order valence-electron chi connectivity index (χ2n) is 11.4. The number of sulfone groups is 1. The van der Waals surface area contributed by atoms with E-state index in [4.69, 9.17) is 10.1 Å². The first-order valence-electron chi connectivity index (χ1n) is 13.4. The van der Waals surface area contributed by atoms with Crippen LogP contribution in [-0.2, 0) is 21.9 Å². The van der Waals surface area contributed by atoms with Crippen LogP contribution in [-0.4, -0.2) is 53.0 Å². The van der Waals surface area contributed by atoms with Gasteiger partial charge in [-0.2, -0.15) is 5.10 Å². The molecule has 8 nitrogen and oxygen atoms in total. The Balaban J connectivity index is 1.36. The lowest BCUT2D eigenvalue weighted by Gasteiger charge is -2.25. The molecule has 1 aliphatic carbocycles. The van der Waals surface area contributed by atoms with E-state index in [-0.39, 0.29) is 29.2 Å². The van der Waals surface area contributed by atoms with E-state index in [1.165, 1.54) is 5.56 Å². The van der Waals surface area contributed by atoms with Gasteiger partial charge in [0.25, 0.3) is 0 Å². The fourth-order valence-corrected chi connectivity index (χ4v) is 6.01. The van der Waals surface area contributed by atoms with Crippen LogP contribution in [0.25, 0.3) is 0 Å². The van der Waals surface area contributed by atoms with Gasteiger partial charge in [-0.1, -0.05) is 49.4 Å². The maximum Gasteiger partial charge on any atom is 0.317 e. The summed E-state index contributed by atoms with van der Waals surface area (Å²) in [5.74, 6) is 2.53. The van der Waals surface area contributed by atoms with Crippen LogP contribution in [0.3, 0.4) is 0 Å². The summed E-state index contributed by atoms with van der Waals surface area (Å²) in [6.45, 7) is 9.54. The van der Waals surface area contributed by atoms with Crippen molar-refractivity contribution in [2.24, 2.45) is 0 Å². The zero-order valence-electron chi connectivity index (χ0n) is 22.6. The molecule has 2 amide bonds. The normalized spacial score (nSPS) is 20.1. The number of benzene rings is 2. The number of carbonyl (C=O) groups excluding carboxylic acids is 1. The Bertz CT molecular complexity index is 1390. The van der Waals surface area contributed by atoms with Crippen LogP contribution < -0.4 is 5.32 Å². The van der Waals surface area contributed by atoms with Crippen LogP contribution in [0.5, 0.6) is 0 Å². The Hall–Kier alpha value is -3.20. The molecule has 3 aromatic rings. The Morgan fingerprint density at radius 2 is 1.66 bits per heavy atom. The smallest absolute Gasteiger partial charge is 0.317 e. The van der Waals surface area contributed by atoms with Gasteiger partial charge in [0.2, 0.25) is 0 Å². The molecule has 2 heterocycles. The first-order chi connectivity index (χ1) is 18.1. The number of aromatic nitrogens is 3. The lowest BCUT2D eigenvalue weighted by Crippen LogP contribution is -2.38. The average Bonchev–Trinajstić information content (AvgIpc) is 3.49. The van der Waals surface area contributed by atoms with E-state index in [1.54, 1.807) is 31.2 Å². The summed E-state index contributed by atoms with van der Waals surface area (Å²) in [6, 6.07) is 16.9. The minimum absolute atomic E-state index is 0.0286. The SMILES string of the molecule is CCS(=O)(=O)c1ccc(CNC(=O)N2CC(c3ccccc3)C(c3nc(C4CC4)nn3C(C)(C)C)C2)cc1. The van der Waals surface area contributed by atoms with Crippen molar-refractivity contribution in [1.82, 2.24) is 25.0 Å². The quantitative estimate of drug-likeness (QED) is 0.469. The van der Waals surface area contributed by atoms with Crippen LogP contribution in [0.2, 0.25) is 0 Å². The molecule has 9 heteroatoms. The Kier molecular flexibility index (Phi) is 7.07. The lowest BCUT2D eigenvalue weighted by atomic mass is 9.88. The Morgan fingerprint density at radius 3 is 2.26 bits per heavy atom. The number of urea groups is 1. The predicted octanol–water partition coefficient (Wildman–Crippen LogP) is 4.80. The molecule has 5 rings (SSSR count). The highest BCUT2D eigenvalue weighted by Crippen LogP contribution is 2.43. The maximum absolute atomic E-state index is 13.3. The molecule has 2 aliphatic rings. The van der Waals surface area contributed by atoms with Crippen LogP contribution in [0.1, 0.15) is 81.1 Å². The summed E-state index contributed by atoms with van der Waals surface area (Å²) in [7, 11) is -3.25. The van der Waals surface area contributed by atoms with Gasteiger partial charge in [0.1, 0.15) is 5.82 Å². The molecule has 2 fully saturated rings. The Morgan fingerprint density at radius 1 is 1.00 bits per heavy atom. The summed E-state index contributed by atoms with van der Waals surface area (Å²) >= 11 is 0. The molecule has 1 aliphatic heterocycles. The molecule has 202 valence electrons. The second kappa shape index (κ2) is 10.2. The minimum atomic E-state index is -3.25. The van der Waals surface area contributed by atoms with Gasteiger partial charge in [-0.15, -0.1) is 0 Å². The van der Waals surface area contributed by atoms with Crippen molar-refractivity contribution >= 4 is 15.9 Å². The average molecular weight is 536 g/mol. The number of rotatable bonds is 7. The third-order valence-electron chi connectivity index (χ3n) is 7.50. The van der Waals surface area contributed by atoms with Crippen molar-refractivity contribution in [3.8, 4) is 0 Å². The van der Waals surface area contributed by atoms with Gasteiger partial charge < -0.3 is 10.2 Å². The Labute approximate surface area is 225 Å². The lowest BCUT2D eigenvalue weighted by molar-refractivity contribution is 0.207. The summed E-state index contributed by atoms with van der Waals surface area (Å²) in [6.07, 6.45) is 2.28. The zero-order valence-corrected chi connectivity index (χ0v) is 23.4. The highest BCUT2D eigenvalue weighted by Gasteiger charge is 2.42. The van der Waals surface area contributed by atoms with Gasteiger partial charge >= 0.3 is 6.03 Å². The van der Waals surface area contributed by atoms with E-state index in [9.17, 15) is 13.2 Å². The molecular weight excluding hydrogens is 498 g/mol. The van der Waals surface area contributed by atoms with Gasteiger partial charge in [-0.3, -0.25) is 0 Å². The predicted molar refractivity (Wildman–Crippen MR) is 147 cm³/mol. The van der Waals surface area contributed by atoms with E-state index in [1.807, 2.05) is 23.1 Å². The number of hydrogen-bond acceptors (Lipinski definition) is 5. The molecule has 38 heavy (non-hydrogen) atoms. The molecule has 1 N–H and O–H groups in total. The van der Waals surface area contributed by atoms with Crippen LogP contribution >= 0.6 is 0 Å². The van der Waals surface area contributed by atoms with Crippen LogP contribution in [0.15, 0.2) is 59.5 Å². The number of likely N-dealkylation sites (tertiary alicyclic amines) is 1. The molecule has 1 saturated carbocycles. The van der Waals surface area contributed by atoms with Crippen molar-refractivity contribution in [2.75, 3.05) is 18.8 Å². The van der Waals surface area contributed by atoms with Crippen molar-refractivity contribution in [2.45, 2.75) is 75.3 Å². The highest BCUT2D eigenvalue weighted by atomic mass is 32.2. The van der Waals surface area contributed by atoms with E-state index in [0.717, 1.165) is 30.1 Å². The fraction of sp³-hybridized carbons (Fsp3) is 0.483. The maximum atomic E-state index is 13.3. The van der Waals surface area contributed by atoms with Gasteiger partial charge in [0.05, 0.1) is 16.2 Å². The molecule has 0 radical (unpaired) electrons. The summed E-state index contributed by atoms with van der Waals surface area (Å²) < 4.78 is 26.3. The highest BCUT2D eigenvalue weighted by molar-refractivity contribution is 7.91. The van der Waals surface area contributed by atoms with Gasteiger partial charge in [0.15, 0.2) is 15.7 Å². The molecular formula is C29H37N5O3S. The van der Waals surface area contributed by atoms with Crippen molar-refractivity contribution in [3.63, 3.8) is 0 Å². The first kappa shape index (κ1) is 26.4. The molecule has 0 bridgehead atoms. The van der Waals surface area contributed by atoms with Gasteiger partial charge in [-0.05, 0) is 56.9 Å². The third kappa shape index (κ3) is 5.48.